The van der Waals surface area contributed by atoms with Crippen molar-refractivity contribution in [3.05, 3.63) is 59.1 Å². The van der Waals surface area contributed by atoms with E-state index in [1.165, 1.54) is 17.5 Å². The van der Waals surface area contributed by atoms with Gasteiger partial charge in [-0.05, 0) is 36.4 Å². The van der Waals surface area contributed by atoms with Crippen molar-refractivity contribution in [2.75, 3.05) is 46.4 Å². The van der Waals surface area contributed by atoms with Gasteiger partial charge < -0.3 is 14.6 Å². The number of ether oxygens (including phenoxy) is 2. The van der Waals surface area contributed by atoms with Gasteiger partial charge in [0.2, 0.25) is 10.0 Å². The van der Waals surface area contributed by atoms with Crippen molar-refractivity contribution in [1.82, 2.24) is 9.21 Å². The van der Waals surface area contributed by atoms with Crippen molar-refractivity contribution < 1.29 is 27.8 Å². The second-order valence-electron chi connectivity index (χ2n) is 7.12. The summed E-state index contributed by atoms with van der Waals surface area (Å²) in [6.45, 7) is 2.06. The second kappa shape index (κ2) is 10.4. The molecule has 0 unspecified atom stereocenters. The van der Waals surface area contributed by atoms with Crippen LogP contribution in [0, 0.1) is 0 Å². The molecule has 10 heteroatoms. The Kier molecular flexibility index (Phi) is 7.90. The van der Waals surface area contributed by atoms with Gasteiger partial charge in [0, 0.05) is 32.7 Å². The summed E-state index contributed by atoms with van der Waals surface area (Å²) >= 11 is 6.06. The van der Waals surface area contributed by atoms with Crippen molar-refractivity contribution in [3.8, 4) is 5.75 Å². The van der Waals surface area contributed by atoms with Gasteiger partial charge in [-0.2, -0.15) is 4.31 Å². The number of halogens is 1. The molecule has 1 aliphatic rings. The highest BCUT2D eigenvalue weighted by atomic mass is 35.5. The number of aliphatic hydroxyl groups is 1. The lowest BCUT2D eigenvalue weighted by Gasteiger charge is -2.35. The average molecular weight is 469 g/mol. The molecule has 31 heavy (non-hydrogen) atoms. The number of hydrogen-bond acceptors (Lipinski definition) is 7. The van der Waals surface area contributed by atoms with E-state index in [-0.39, 0.29) is 16.5 Å². The summed E-state index contributed by atoms with van der Waals surface area (Å²) in [6, 6.07) is 12.9. The third-order valence-electron chi connectivity index (χ3n) is 4.97. The van der Waals surface area contributed by atoms with Gasteiger partial charge >= 0.3 is 5.97 Å². The number of carbonyl (C=O) groups is 1. The molecule has 2 aromatic carbocycles. The molecule has 0 bridgehead atoms. The lowest BCUT2D eigenvalue weighted by Crippen LogP contribution is -2.50. The molecule has 0 amide bonds. The van der Waals surface area contributed by atoms with Gasteiger partial charge in [-0.15, -0.1) is 0 Å². The van der Waals surface area contributed by atoms with Crippen molar-refractivity contribution in [2.24, 2.45) is 0 Å². The molecule has 3 rings (SSSR count). The summed E-state index contributed by atoms with van der Waals surface area (Å²) in [5.41, 5.74) is 0.417. The minimum Gasteiger partial charge on any atom is -0.491 e. The van der Waals surface area contributed by atoms with Gasteiger partial charge in [0.05, 0.1) is 17.7 Å². The molecular weight excluding hydrogens is 444 g/mol. The number of benzene rings is 2. The van der Waals surface area contributed by atoms with Crippen LogP contribution in [-0.2, 0) is 14.8 Å². The number of carbonyl (C=O) groups excluding carboxylic acids is 1. The maximum Gasteiger partial charge on any atom is 0.337 e. The Hall–Kier alpha value is -2.17. The van der Waals surface area contributed by atoms with Gasteiger partial charge in [-0.3, -0.25) is 4.90 Å². The van der Waals surface area contributed by atoms with Crippen LogP contribution in [-0.4, -0.2) is 81.2 Å². The number of hydrogen-bond donors (Lipinski definition) is 1. The summed E-state index contributed by atoms with van der Waals surface area (Å²) in [7, 11) is -2.33. The Morgan fingerprint density at radius 1 is 1.10 bits per heavy atom. The maximum atomic E-state index is 12.8. The largest absolute Gasteiger partial charge is 0.491 e. The van der Waals surface area contributed by atoms with Gasteiger partial charge in [0.25, 0.3) is 0 Å². The Morgan fingerprint density at radius 2 is 1.74 bits per heavy atom. The summed E-state index contributed by atoms with van der Waals surface area (Å²) in [4.78, 5) is 13.5. The first-order chi connectivity index (χ1) is 14.8. The molecule has 0 radical (unpaired) electrons. The van der Waals surface area contributed by atoms with Crippen LogP contribution in [0.2, 0.25) is 5.02 Å². The molecule has 1 atom stereocenters. The number of methoxy groups -OCH3 is 1. The second-order valence-corrected chi connectivity index (χ2v) is 9.43. The van der Waals surface area contributed by atoms with Gasteiger partial charge in [-0.1, -0.05) is 23.7 Å². The van der Waals surface area contributed by atoms with Crippen molar-refractivity contribution in [2.45, 2.75) is 11.0 Å². The smallest absolute Gasteiger partial charge is 0.337 e. The normalized spacial score (nSPS) is 16.6. The number of β-amino-alcohol motifs (C(OH)–C–C–N with tert-alkyl or cyclic N) is 1. The zero-order valence-electron chi connectivity index (χ0n) is 17.1. The quantitative estimate of drug-likeness (QED) is 0.591. The molecule has 0 aliphatic carbocycles. The van der Waals surface area contributed by atoms with Crippen molar-refractivity contribution >= 4 is 27.6 Å². The molecular formula is C21H25ClN2O6S. The first-order valence-corrected chi connectivity index (χ1v) is 11.6. The molecule has 1 N–H and O–H groups in total. The van der Waals surface area contributed by atoms with Crippen LogP contribution in [0.25, 0.3) is 0 Å². The predicted molar refractivity (Wildman–Crippen MR) is 116 cm³/mol. The Morgan fingerprint density at radius 3 is 2.35 bits per heavy atom. The third kappa shape index (κ3) is 5.96. The molecule has 168 valence electrons. The van der Waals surface area contributed by atoms with Gasteiger partial charge in [0.15, 0.2) is 0 Å². The number of esters is 1. The van der Waals surface area contributed by atoms with E-state index in [0.29, 0.717) is 44.0 Å². The lowest BCUT2D eigenvalue weighted by atomic mass is 10.2. The van der Waals surface area contributed by atoms with E-state index in [1.807, 2.05) is 4.90 Å². The first kappa shape index (κ1) is 23.5. The SMILES string of the molecule is COC(=O)c1ccc(OC[C@H](O)CN2CCN(S(=O)(=O)c3ccccc3Cl)CC2)cc1. The molecule has 1 fully saturated rings. The van der Waals surface area contributed by atoms with E-state index in [4.69, 9.17) is 16.3 Å². The highest BCUT2D eigenvalue weighted by Crippen LogP contribution is 2.25. The highest BCUT2D eigenvalue weighted by molar-refractivity contribution is 7.89. The lowest BCUT2D eigenvalue weighted by molar-refractivity contribution is 0.0566. The average Bonchev–Trinajstić information content (AvgIpc) is 2.78. The van der Waals surface area contributed by atoms with Crippen LogP contribution in [0.3, 0.4) is 0 Å². The summed E-state index contributed by atoms with van der Waals surface area (Å²) in [5.74, 6) is 0.102. The number of sulfonamides is 1. The monoisotopic (exact) mass is 468 g/mol. The fourth-order valence-electron chi connectivity index (χ4n) is 3.29. The fourth-order valence-corrected chi connectivity index (χ4v) is 5.21. The zero-order chi connectivity index (χ0) is 22.4. The van der Waals surface area contributed by atoms with Crippen LogP contribution in [0.4, 0.5) is 0 Å². The van der Waals surface area contributed by atoms with E-state index in [1.54, 1.807) is 42.5 Å². The Bertz CT molecular complexity index is 991. The predicted octanol–water partition coefficient (Wildman–Crippen LogP) is 1.87. The number of piperazine rings is 1. The van der Waals surface area contributed by atoms with E-state index in [2.05, 4.69) is 4.74 Å². The van der Waals surface area contributed by atoms with Gasteiger partial charge in [0.1, 0.15) is 23.4 Å². The summed E-state index contributed by atoms with van der Waals surface area (Å²) < 4.78 is 37.2. The number of rotatable bonds is 8. The standard InChI is InChI=1S/C21H25ClN2O6S/c1-29-21(26)16-6-8-18(9-7-16)30-15-17(25)14-23-10-12-24(13-11-23)31(27,28)20-5-3-2-4-19(20)22/h2-9,17,25H,10-15H2,1H3/t17-/m1/s1. The molecule has 1 heterocycles. The number of nitrogens with zero attached hydrogens (tertiary/aromatic N) is 2. The van der Waals surface area contributed by atoms with E-state index in [9.17, 15) is 18.3 Å². The highest BCUT2D eigenvalue weighted by Gasteiger charge is 2.30. The molecule has 2 aromatic rings. The van der Waals surface area contributed by atoms with E-state index in [0.717, 1.165) is 0 Å². The number of aliphatic hydroxyl groups excluding tert-OH is 1. The third-order valence-corrected chi connectivity index (χ3v) is 7.37. The molecule has 0 aromatic heterocycles. The van der Waals surface area contributed by atoms with Crippen LogP contribution >= 0.6 is 11.6 Å². The topological polar surface area (TPSA) is 96.4 Å². The minimum absolute atomic E-state index is 0.0791. The van der Waals surface area contributed by atoms with E-state index < -0.39 is 22.1 Å². The minimum atomic E-state index is -3.65. The summed E-state index contributed by atoms with van der Waals surface area (Å²) in [5, 5.41) is 10.5. The molecule has 1 aliphatic heterocycles. The molecule has 1 saturated heterocycles. The van der Waals surface area contributed by atoms with Crippen LogP contribution in [0.15, 0.2) is 53.4 Å². The van der Waals surface area contributed by atoms with E-state index >= 15 is 0 Å². The molecule has 8 nitrogen and oxygen atoms in total. The Balaban J connectivity index is 1.46. The van der Waals surface area contributed by atoms with Crippen LogP contribution in [0.1, 0.15) is 10.4 Å². The molecule has 0 saturated carbocycles. The fraction of sp³-hybridized carbons (Fsp3) is 0.381. The van der Waals surface area contributed by atoms with Crippen LogP contribution in [0.5, 0.6) is 5.75 Å². The van der Waals surface area contributed by atoms with Crippen LogP contribution < -0.4 is 4.74 Å². The zero-order valence-corrected chi connectivity index (χ0v) is 18.7. The van der Waals surface area contributed by atoms with Crippen molar-refractivity contribution in [3.63, 3.8) is 0 Å². The van der Waals surface area contributed by atoms with Gasteiger partial charge in [-0.25, -0.2) is 13.2 Å². The summed E-state index contributed by atoms with van der Waals surface area (Å²) in [6.07, 6.45) is -0.744. The molecule has 0 spiro atoms. The maximum absolute atomic E-state index is 12.8. The first-order valence-electron chi connectivity index (χ1n) is 9.77. The Labute approximate surface area is 187 Å². The van der Waals surface area contributed by atoms with Crippen molar-refractivity contribution in [1.29, 1.82) is 0 Å².